The molecule has 3 aromatic rings. The summed E-state index contributed by atoms with van der Waals surface area (Å²) in [7, 11) is 0. The van der Waals surface area contributed by atoms with Gasteiger partial charge in [0.15, 0.2) is 0 Å². The summed E-state index contributed by atoms with van der Waals surface area (Å²) in [4.78, 5) is 22.3. The van der Waals surface area contributed by atoms with Crippen LogP contribution in [-0.4, -0.2) is 30.4 Å². The number of hydrogen-bond acceptors (Lipinski definition) is 4. The molecule has 3 rings (SSSR count). The van der Waals surface area contributed by atoms with Gasteiger partial charge >= 0.3 is 12.2 Å². The van der Waals surface area contributed by atoms with Crippen LogP contribution in [0.15, 0.2) is 78.9 Å². The summed E-state index contributed by atoms with van der Waals surface area (Å²) < 4.78 is 11.0. The van der Waals surface area contributed by atoms with Crippen molar-refractivity contribution in [2.24, 2.45) is 0 Å². The van der Waals surface area contributed by atoms with Crippen LogP contribution in [0.25, 0.3) is 11.1 Å². The quantitative estimate of drug-likeness (QED) is 0.398. The largest absolute Gasteiger partial charge is 0.494 e. The number of rotatable bonds is 10. The number of carbonyl (C=O) groups excluding carboxylic acids is 1. The summed E-state index contributed by atoms with van der Waals surface area (Å²) in [6.45, 7) is 1.43. The van der Waals surface area contributed by atoms with E-state index in [1.807, 2.05) is 78.9 Å². The Morgan fingerprint density at radius 2 is 1.59 bits per heavy atom. The third-order valence-corrected chi connectivity index (χ3v) is 4.64. The van der Waals surface area contributed by atoms with Crippen LogP contribution < -0.4 is 15.4 Å². The molecule has 0 aliphatic rings. The van der Waals surface area contributed by atoms with Gasteiger partial charge in [0.1, 0.15) is 12.4 Å². The van der Waals surface area contributed by atoms with Gasteiger partial charge in [0.2, 0.25) is 0 Å². The van der Waals surface area contributed by atoms with E-state index in [1.54, 1.807) is 0 Å². The number of alkyl carbamates (subject to hydrolysis) is 1. The van der Waals surface area contributed by atoms with Crippen molar-refractivity contribution in [2.45, 2.75) is 19.6 Å². The molecule has 0 aliphatic heterocycles. The second-order valence-electron chi connectivity index (χ2n) is 7.07. The second-order valence-corrected chi connectivity index (χ2v) is 7.07. The third kappa shape index (κ3) is 7.68. The molecule has 0 unspecified atom stereocenters. The lowest BCUT2D eigenvalue weighted by atomic mass is 10.0. The number of benzene rings is 3. The molecule has 0 radical (unpaired) electrons. The Hall–Kier alpha value is -4.00. The summed E-state index contributed by atoms with van der Waals surface area (Å²) in [6.07, 6.45) is -0.841. The molecule has 166 valence electrons. The van der Waals surface area contributed by atoms with Crippen LogP contribution in [0.3, 0.4) is 0 Å². The minimum absolute atomic E-state index is 0.243. The van der Waals surface area contributed by atoms with E-state index in [4.69, 9.17) is 14.6 Å². The fraction of sp³-hybridized carbons (Fsp3) is 0.200. The first-order chi connectivity index (χ1) is 15.6. The SMILES string of the molecule is O=C(O)NCc1ccc(-c2cccc(OCCCNC(=O)OCc3ccccc3)c2)cc1. The highest BCUT2D eigenvalue weighted by Crippen LogP contribution is 2.24. The van der Waals surface area contributed by atoms with E-state index in [0.29, 0.717) is 19.6 Å². The topological polar surface area (TPSA) is 96.9 Å². The number of carboxylic acid groups (broad SMARTS) is 1. The van der Waals surface area contributed by atoms with Crippen molar-refractivity contribution in [1.29, 1.82) is 0 Å². The molecule has 0 saturated heterocycles. The lowest BCUT2D eigenvalue weighted by Crippen LogP contribution is -2.26. The molecule has 0 aliphatic carbocycles. The molecule has 0 spiro atoms. The van der Waals surface area contributed by atoms with Gasteiger partial charge in [-0.25, -0.2) is 9.59 Å². The lowest BCUT2D eigenvalue weighted by molar-refractivity contribution is 0.139. The predicted octanol–water partition coefficient (Wildman–Crippen LogP) is 4.82. The molecule has 0 bridgehead atoms. The molecule has 0 heterocycles. The van der Waals surface area contributed by atoms with Crippen molar-refractivity contribution in [2.75, 3.05) is 13.2 Å². The van der Waals surface area contributed by atoms with Gasteiger partial charge in [-0.3, -0.25) is 0 Å². The minimum Gasteiger partial charge on any atom is -0.494 e. The fourth-order valence-electron chi connectivity index (χ4n) is 2.98. The molecule has 0 aromatic heterocycles. The first kappa shape index (κ1) is 22.7. The van der Waals surface area contributed by atoms with E-state index in [9.17, 15) is 9.59 Å². The number of ether oxygens (including phenoxy) is 2. The van der Waals surface area contributed by atoms with Crippen molar-refractivity contribution in [1.82, 2.24) is 10.6 Å². The Kier molecular flexibility index (Phi) is 8.50. The molecule has 0 fully saturated rings. The zero-order chi connectivity index (χ0) is 22.6. The van der Waals surface area contributed by atoms with Gasteiger partial charge in [-0.1, -0.05) is 66.7 Å². The van der Waals surface area contributed by atoms with Gasteiger partial charge in [0, 0.05) is 13.1 Å². The molecular formula is C25H26N2O5. The summed E-state index contributed by atoms with van der Waals surface area (Å²) in [5.74, 6) is 0.741. The fourth-order valence-corrected chi connectivity index (χ4v) is 2.98. The van der Waals surface area contributed by atoms with E-state index in [1.165, 1.54) is 0 Å². The van der Waals surface area contributed by atoms with Crippen molar-refractivity contribution in [3.63, 3.8) is 0 Å². The van der Waals surface area contributed by atoms with Crippen molar-refractivity contribution >= 4 is 12.2 Å². The molecule has 3 N–H and O–H groups in total. The molecule has 0 saturated carbocycles. The van der Waals surface area contributed by atoms with E-state index in [-0.39, 0.29) is 13.2 Å². The monoisotopic (exact) mass is 434 g/mol. The van der Waals surface area contributed by atoms with Crippen LogP contribution >= 0.6 is 0 Å². The number of hydrogen-bond donors (Lipinski definition) is 3. The van der Waals surface area contributed by atoms with Crippen LogP contribution in [0.4, 0.5) is 9.59 Å². The highest BCUT2D eigenvalue weighted by atomic mass is 16.5. The Labute approximate surface area is 187 Å². The average Bonchev–Trinajstić information content (AvgIpc) is 2.82. The Balaban J connectivity index is 1.38. The van der Waals surface area contributed by atoms with Crippen LogP contribution in [0.5, 0.6) is 5.75 Å². The Morgan fingerprint density at radius 3 is 2.34 bits per heavy atom. The minimum atomic E-state index is -1.04. The summed E-state index contributed by atoms with van der Waals surface area (Å²) >= 11 is 0. The summed E-state index contributed by atoms with van der Waals surface area (Å²) in [5.41, 5.74) is 3.84. The van der Waals surface area contributed by atoms with Crippen LogP contribution in [0, 0.1) is 0 Å². The standard InChI is InChI=1S/C25H26N2O5/c28-24(29)27-17-19-10-12-21(13-11-19)22-8-4-9-23(16-22)31-15-5-14-26-25(30)32-18-20-6-2-1-3-7-20/h1-4,6-13,16,27H,5,14-15,17-18H2,(H,26,30)(H,28,29). The molecule has 32 heavy (non-hydrogen) atoms. The van der Waals surface area contributed by atoms with Crippen LogP contribution in [0.1, 0.15) is 17.5 Å². The van der Waals surface area contributed by atoms with Gasteiger partial charge in [0.05, 0.1) is 6.61 Å². The van der Waals surface area contributed by atoms with Crippen molar-refractivity contribution in [3.05, 3.63) is 90.0 Å². The highest BCUT2D eigenvalue weighted by Gasteiger charge is 2.04. The zero-order valence-electron chi connectivity index (χ0n) is 17.6. The summed E-state index contributed by atoms with van der Waals surface area (Å²) in [6, 6.07) is 24.9. The van der Waals surface area contributed by atoms with E-state index in [0.717, 1.165) is 28.0 Å². The Morgan fingerprint density at radius 1 is 0.812 bits per heavy atom. The molecule has 0 atom stereocenters. The molecule has 7 nitrogen and oxygen atoms in total. The van der Waals surface area contributed by atoms with Gasteiger partial charge in [0.25, 0.3) is 0 Å². The number of nitrogens with one attached hydrogen (secondary N) is 2. The van der Waals surface area contributed by atoms with Gasteiger partial charge < -0.3 is 25.2 Å². The Bertz CT molecular complexity index is 1010. The first-order valence-electron chi connectivity index (χ1n) is 10.3. The van der Waals surface area contributed by atoms with E-state index < -0.39 is 12.2 Å². The summed E-state index contributed by atoms with van der Waals surface area (Å²) in [5, 5.41) is 13.7. The predicted molar refractivity (Wildman–Crippen MR) is 121 cm³/mol. The third-order valence-electron chi connectivity index (χ3n) is 4.64. The first-order valence-corrected chi connectivity index (χ1v) is 10.3. The lowest BCUT2D eigenvalue weighted by Gasteiger charge is -2.10. The maximum Gasteiger partial charge on any atom is 0.407 e. The highest BCUT2D eigenvalue weighted by molar-refractivity contribution is 5.67. The van der Waals surface area contributed by atoms with Crippen molar-refractivity contribution in [3.8, 4) is 16.9 Å². The molecule has 3 aromatic carbocycles. The van der Waals surface area contributed by atoms with E-state index in [2.05, 4.69) is 10.6 Å². The second kappa shape index (κ2) is 12.0. The zero-order valence-corrected chi connectivity index (χ0v) is 17.6. The maximum absolute atomic E-state index is 11.7. The van der Waals surface area contributed by atoms with E-state index >= 15 is 0 Å². The van der Waals surface area contributed by atoms with Crippen LogP contribution in [-0.2, 0) is 17.9 Å². The van der Waals surface area contributed by atoms with Crippen LogP contribution in [0.2, 0.25) is 0 Å². The molecular weight excluding hydrogens is 408 g/mol. The molecule has 7 heteroatoms. The van der Waals surface area contributed by atoms with Gasteiger partial charge in [-0.05, 0) is 40.8 Å². The maximum atomic E-state index is 11.7. The average molecular weight is 434 g/mol. The van der Waals surface area contributed by atoms with Crippen molar-refractivity contribution < 1.29 is 24.2 Å². The number of carbonyl (C=O) groups is 2. The normalized spacial score (nSPS) is 10.2. The number of amides is 2. The molecule has 2 amide bonds. The smallest absolute Gasteiger partial charge is 0.407 e. The van der Waals surface area contributed by atoms with Gasteiger partial charge in [-0.2, -0.15) is 0 Å². The van der Waals surface area contributed by atoms with Gasteiger partial charge in [-0.15, -0.1) is 0 Å².